The molecule has 0 amide bonds. The van der Waals surface area contributed by atoms with Gasteiger partial charge in [-0.3, -0.25) is 0 Å². The molecule has 3 aromatic carbocycles. The van der Waals surface area contributed by atoms with Crippen LogP contribution in [0.15, 0.2) is 78.9 Å². The number of halogens is 1. The summed E-state index contributed by atoms with van der Waals surface area (Å²) in [6, 6.07) is 25.8. The van der Waals surface area contributed by atoms with Gasteiger partial charge in [0, 0.05) is 12.1 Å². The normalized spacial score (nSPS) is 13.2. The fourth-order valence-electron chi connectivity index (χ4n) is 2.82. The maximum absolute atomic E-state index is 6.39. The Labute approximate surface area is 147 Å². The molecule has 0 spiro atoms. The van der Waals surface area contributed by atoms with Gasteiger partial charge < -0.3 is 10.5 Å². The average Bonchev–Trinajstić information content (AvgIpc) is 2.59. The largest absolute Gasteiger partial charge is 0.481 e. The third-order valence-corrected chi connectivity index (χ3v) is 4.36. The molecule has 0 saturated heterocycles. The fourth-order valence-corrected chi connectivity index (χ4v) is 3.04. The second-order valence-corrected chi connectivity index (χ2v) is 6.46. The highest BCUT2D eigenvalue weighted by atomic mass is 35.5. The van der Waals surface area contributed by atoms with Crippen molar-refractivity contribution in [1.82, 2.24) is 0 Å². The van der Waals surface area contributed by atoms with E-state index in [0.29, 0.717) is 16.5 Å². The van der Waals surface area contributed by atoms with Gasteiger partial charge in [0.2, 0.25) is 0 Å². The van der Waals surface area contributed by atoms with Gasteiger partial charge >= 0.3 is 0 Å². The first-order valence-electron chi connectivity index (χ1n) is 7.90. The van der Waals surface area contributed by atoms with Gasteiger partial charge in [0.15, 0.2) is 0 Å². The van der Waals surface area contributed by atoms with Crippen LogP contribution in [0.25, 0.3) is 0 Å². The van der Waals surface area contributed by atoms with Crippen molar-refractivity contribution < 1.29 is 4.74 Å². The van der Waals surface area contributed by atoms with E-state index in [1.54, 1.807) is 12.1 Å². The SMILES string of the molecule is CC(Cc1ccccc1)(Oc1ccc(N)cc1Cl)c1ccccc1. The molecule has 0 fully saturated rings. The summed E-state index contributed by atoms with van der Waals surface area (Å²) < 4.78 is 6.39. The topological polar surface area (TPSA) is 35.2 Å². The molecular formula is C21H20ClNO. The smallest absolute Gasteiger partial charge is 0.139 e. The molecule has 122 valence electrons. The molecule has 0 radical (unpaired) electrons. The maximum atomic E-state index is 6.39. The molecule has 0 heterocycles. The Morgan fingerprint density at radius 2 is 1.54 bits per heavy atom. The van der Waals surface area contributed by atoms with Crippen molar-refractivity contribution in [2.75, 3.05) is 5.73 Å². The number of rotatable bonds is 5. The summed E-state index contributed by atoms with van der Waals surface area (Å²) in [4.78, 5) is 0. The second kappa shape index (κ2) is 6.98. The van der Waals surface area contributed by atoms with Gasteiger partial charge in [-0.1, -0.05) is 72.3 Å². The molecule has 0 saturated carbocycles. The molecule has 0 aromatic heterocycles. The lowest BCUT2D eigenvalue weighted by Crippen LogP contribution is -2.32. The van der Waals surface area contributed by atoms with Crippen molar-refractivity contribution >= 4 is 17.3 Å². The van der Waals surface area contributed by atoms with E-state index in [2.05, 4.69) is 31.2 Å². The molecule has 1 unspecified atom stereocenters. The van der Waals surface area contributed by atoms with E-state index in [-0.39, 0.29) is 0 Å². The van der Waals surface area contributed by atoms with Crippen LogP contribution in [-0.4, -0.2) is 0 Å². The summed E-state index contributed by atoms with van der Waals surface area (Å²) >= 11 is 6.32. The highest BCUT2D eigenvalue weighted by Crippen LogP contribution is 2.36. The lowest BCUT2D eigenvalue weighted by atomic mass is 9.88. The van der Waals surface area contributed by atoms with Crippen LogP contribution in [0, 0.1) is 0 Å². The third-order valence-electron chi connectivity index (χ3n) is 4.06. The number of benzene rings is 3. The zero-order chi connectivity index (χ0) is 17.0. The van der Waals surface area contributed by atoms with Crippen molar-refractivity contribution in [3.63, 3.8) is 0 Å². The summed E-state index contributed by atoms with van der Waals surface area (Å²) in [6.45, 7) is 2.09. The van der Waals surface area contributed by atoms with Crippen LogP contribution in [0.2, 0.25) is 5.02 Å². The van der Waals surface area contributed by atoms with E-state index in [9.17, 15) is 0 Å². The molecule has 3 aromatic rings. The second-order valence-electron chi connectivity index (χ2n) is 6.05. The Kier molecular flexibility index (Phi) is 4.77. The number of hydrogen-bond donors (Lipinski definition) is 1. The molecular weight excluding hydrogens is 318 g/mol. The van der Waals surface area contributed by atoms with Crippen LogP contribution in [0.1, 0.15) is 18.1 Å². The van der Waals surface area contributed by atoms with Crippen molar-refractivity contribution in [1.29, 1.82) is 0 Å². The number of nitrogens with two attached hydrogens (primary N) is 1. The Morgan fingerprint density at radius 1 is 0.917 bits per heavy atom. The summed E-state index contributed by atoms with van der Waals surface area (Å²) in [5.74, 6) is 0.633. The Hall–Kier alpha value is -2.45. The van der Waals surface area contributed by atoms with Gasteiger partial charge in [-0.25, -0.2) is 0 Å². The van der Waals surface area contributed by atoms with Crippen molar-refractivity contribution in [2.24, 2.45) is 0 Å². The number of nitrogen functional groups attached to an aromatic ring is 1. The first-order valence-corrected chi connectivity index (χ1v) is 8.28. The summed E-state index contributed by atoms with van der Waals surface area (Å²) in [7, 11) is 0. The molecule has 24 heavy (non-hydrogen) atoms. The summed E-state index contributed by atoms with van der Waals surface area (Å²) in [5.41, 5.74) is 8.17. The Morgan fingerprint density at radius 3 is 2.17 bits per heavy atom. The molecule has 3 rings (SSSR count). The maximum Gasteiger partial charge on any atom is 0.139 e. The molecule has 1 atom stereocenters. The standard InChI is InChI=1S/C21H20ClNO/c1-21(17-10-6-3-7-11-17,15-16-8-4-2-5-9-16)24-20-13-12-18(23)14-19(20)22/h2-14H,15,23H2,1H3. The monoisotopic (exact) mass is 337 g/mol. The highest BCUT2D eigenvalue weighted by molar-refractivity contribution is 6.32. The van der Waals surface area contributed by atoms with Crippen LogP contribution >= 0.6 is 11.6 Å². The summed E-state index contributed by atoms with van der Waals surface area (Å²) in [5, 5.41) is 0.519. The molecule has 0 bridgehead atoms. The Balaban J connectivity index is 1.98. The van der Waals surface area contributed by atoms with Gasteiger partial charge in [0.1, 0.15) is 11.4 Å². The van der Waals surface area contributed by atoms with Gasteiger partial charge in [-0.2, -0.15) is 0 Å². The zero-order valence-corrected chi connectivity index (χ0v) is 14.3. The molecule has 3 heteroatoms. The van der Waals surface area contributed by atoms with Crippen LogP contribution in [0.5, 0.6) is 5.75 Å². The molecule has 0 aliphatic carbocycles. The molecule has 0 aliphatic rings. The molecule has 0 aliphatic heterocycles. The molecule has 2 nitrogen and oxygen atoms in total. The van der Waals surface area contributed by atoms with Gasteiger partial charge in [0.25, 0.3) is 0 Å². The predicted molar refractivity (Wildman–Crippen MR) is 100 cm³/mol. The van der Waals surface area contributed by atoms with Crippen LogP contribution in [0.3, 0.4) is 0 Å². The van der Waals surface area contributed by atoms with E-state index >= 15 is 0 Å². The van der Waals surface area contributed by atoms with Gasteiger partial charge in [-0.15, -0.1) is 0 Å². The highest BCUT2D eigenvalue weighted by Gasteiger charge is 2.30. The minimum atomic E-state index is -0.539. The van der Waals surface area contributed by atoms with Crippen molar-refractivity contribution in [3.8, 4) is 5.75 Å². The number of hydrogen-bond acceptors (Lipinski definition) is 2. The lowest BCUT2D eigenvalue weighted by Gasteiger charge is -2.32. The molecule has 2 N–H and O–H groups in total. The van der Waals surface area contributed by atoms with Gasteiger partial charge in [-0.05, 0) is 36.2 Å². The quantitative estimate of drug-likeness (QED) is 0.627. The minimum Gasteiger partial charge on any atom is -0.481 e. The third kappa shape index (κ3) is 3.72. The van der Waals surface area contributed by atoms with Crippen LogP contribution in [-0.2, 0) is 12.0 Å². The van der Waals surface area contributed by atoms with E-state index in [0.717, 1.165) is 12.0 Å². The first-order chi connectivity index (χ1) is 11.6. The van der Waals surface area contributed by atoms with Crippen LogP contribution < -0.4 is 10.5 Å². The minimum absolute atomic E-state index is 0.519. The van der Waals surface area contributed by atoms with E-state index < -0.39 is 5.60 Å². The fraction of sp³-hybridized carbons (Fsp3) is 0.143. The number of anilines is 1. The van der Waals surface area contributed by atoms with Gasteiger partial charge in [0.05, 0.1) is 5.02 Å². The zero-order valence-electron chi connectivity index (χ0n) is 13.6. The number of ether oxygens (including phenoxy) is 1. The van der Waals surface area contributed by atoms with Crippen LogP contribution in [0.4, 0.5) is 5.69 Å². The van der Waals surface area contributed by atoms with E-state index in [1.807, 2.05) is 42.5 Å². The summed E-state index contributed by atoms with van der Waals surface area (Å²) in [6.07, 6.45) is 0.735. The van der Waals surface area contributed by atoms with Crippen molar-refractivity contribution in [2.45, 2.75) is 18.9 Å². The lowest BCUT2D eigenvalue weighted by molar-refractivity contribution is 0.0874. The van der Waals surface area contributed by atoms with E-state index in [4.69, 9.17) is 22.1 Å². The predicted octanol–water partition coefficient (Wildman–Crippen LogP) is 5.46. The average molecular weight is 338 g/mol. The van der Waals surface area contributed by atoms with E-state index in [1.165, 1.54) is 5.56 Å². The first kappa shape index (κ1) is 16.4. The Bertz CT molecular complexity index is 805. The van der Waals surface area contributed by atoms with Crippen molar-refractivity contribution in [3.05, 3.63) is 95.0 Å².